The molecule has 2 heterocycles. The number of fused-ring (bicyclic) bond motifs is 1. The zero-order chi connectivity index (χ0) is 12.5. The minimum absolute atomic E-state index is 0.341. The Morgan fingerprint density at radius 1 is 1.22 bits per heavy atom. The first-order valence-electron chi connectivity index (χ1n) is 5.37. The molecule has 0 aliphatic rings. The molecule has 0 aliphatic carbocycles. The molecule has 0 spiro atoms. The number of aromatic nitrogens is 4. The van der Waals surface area contributed by atoms with Crippen LogP contribution in [0.4, 0.5) is 0 Å². The van der Waals surface area contributed by atoms with Gasteiger partial charge in [-0.2, -0.15) is 9.50 Å². The Balaban J connectivity index is 2.23. The number of hydrogen-bond donors (Lipinski definition) is 1. The normalized spacial score (nSPS) is 10.9. The summed E-state index contributed by atoms with van der Waals surface area (Å²) in [5, 5.41) is 3.49. The molecule has 2 aromatic heterocycles. The van der Waals surface area contributed by atoms with E-state index in [0.717, 1.165) is 11.3 Å². The number of aromatic amines is 1. The maximum atomic E-state index is 11.8. The van der Waals surface area contributed by atoms with Crippen LogP contribution in [0.2, 0.25) is 0 Å². The number of nitrogens with one attached hydrogen (secondary N) is 1. The molecule has 0 unspecified atom stereocenters. The van der Waals surface area contributed by atoms with Crippen LogP contribution >= 0.6 is 11.8 Å². The molecule has 0 fully saturated rings. The summed E-state index contributed by atoms with van der Waals surface area (Å²) in [5.74, 6) is 0. The lowest BCUT2D eigenvalue weighted by Crippen LogP contribution is -2.19. The van der Waals surface area contributed by atoms with Crippen molar-refractivity contribution in [2.45, 2.75) is 5.16 Å². The standard InChI is InChI=1S/C12H10N4OS/c1-18-11-13-10-7-9(8-5-3-2-4-6-8)15-16(10)12(17)14-11/h2-7,15H,1H3. The Morgan fingerprint density at radius 3 is 2.72 bits per heavy atom. The monoisotopic (exact) mass is 258 g/mol. The van der Waals surface area contributed by atoms with Gasteiger partial charge in [0.25, 0.3) is 0 Å². The number of H-pyrrole nitrogens is 1. The van der Waals surface area contributed by atoms with Gasteiger partial charge in [-0.3, -0.25) is 5.10 Å². The number of thioether (sulfide) groups is 1. The average Bonchev–Trinajstić information content (AvgIpc) is 2.84. The van der Waals surface area contributed by atoms with Gasteiger partial charge >= 0.3 is 5.69 Å². The molecule has 3 aromatic rings. The van der Waals surface area contributed by atoms with Crippen LogP contribution < -0.4 is 5.69 Å². The fraction of sp³-hybridized carbons (Fsp3) is 0.0833. The fourth-order valence-corrected chi connectivity index (χ4v) is 2.10. The van der Waals surface area contributed by atoms with Crippen LogP contribution in [0.1, 0.15) is 0 Å². The first kappa shape index (κ1) is 11.0. The molecule has 0 saturated carbocycles. The van der Waals surface area contributed by atoms with E-state index < -0.39 is 0 Å². The minimum atomic E-state index is -0.341. The third-order valence-electron chi connectivity index (χ3n) is 2.59. The van der Waals surface area contributed by atoms with Crippen LogP contribution in [-0.2, 0) is 0 Å². The smallest absolute Gasteiger partial charge is 0.288 e. The van der Waals surface area contributed by atoms with Crippen LogP contribution in [0, 0.1) is 0 Å². The van der Waals surface area contributed by atoms with Crippen molar-refractivity contribution in [3.63, 3.8) is 0 Å². The van der Waals surface area contributed by atoms with Gasteiger partial charge in [0, 0.05) is 6.07 Å². The topological polar surface area (TPSA) is 63.1 Å². The minimum Gasteiger partial charge on any atom is -0.288 e. The lowest BCUT2D eigenvalue weighted by atomic mass is 10.2. The molecule has 0 bridgehead atoms. The molecule has 1 aromatic carbocycles. The highest BCUT2D eigenvalue weighted by Crippen LogP contribution is 2.18. The van der Waals surface area contributed by atoms with E-state index in [1.165, 1.54) is 16.3 Å². The van der Waals surface area contributed by atoms with Crippen molar-refractivity contribution in [1.82, 2.24) is 19.6 Å². The molecule has 3 rings (SSSR count). The second-order valence-electron chi connectivity index (χ2n) is 3.72. The highest BCUT2D eigenvalue weighted by atomic mass is 32.2. The van der Waals surface area contributed by atoms with E-state index in [9.17, 15) is 4.79 Å². The molecule has 0 saturated heterocycles. The summed E-state index contributed by atoms with van der Waals surface area (Å²) in [4.78, 5) is 19.9. The summed E-state index contributed by atoms with van der Waals surface area (Å²) < 4.78 is 1.35. The Hall–Kier alpha value is -2.08. The zero-order valence-electron chi connectivity index (χ0n) is 9.62. The molecule has 0 aliphatic heterocycles. The van der Waals surface area contributed by atoms with Crippen LogP contribution in [0.5, 0.6) is 0 Å². The van der Waals surface area contributed by atoms with E-state index in [1.807, 2.05) is 42.7 Å². The van der Waals surface area contributed by atoms with Crippen molar-refractivity contribution < 1.29 is 0 Å². The van der Waals surface area contributed by atoms with E-state index in [1.54, 1.807) is 0 Å². The van der Waals surface area contributed by atoms with Gasteiger partial charge in [-0.05, 0) is 11.8 Å². The number of hydrogen-bond acceptors (Lipinski definition) is 4. The van der Waals surface area contributed by atoms with Crippen molar-refractivity contribution in [3.8, 4) is 11.3 Å². The lowest BCUT2D eigenvalue weighted by molar-refractivity contribution is 0.789. The van der Waals surface area contributed by atoms with Gasteiger partial charge in [0.1, 0.15) is 0 Å². The molecule has 0 radical (unpaired) electrons. The predicted molar refractivity (Wildman–Crippen MR) is 70.8 cm³/mol. The van der Waals surface area contributed by atoms with Crippen LogP contribution in [0.15, 0.2) is 46.3 Å². The van der Waals surface area contributed by atoms with Gasteiger partial charge < -0.3 is 0 Å². The van der Waals surface area contributed by atoms with Crippen LogP contribution in [0.25, 0.3) is 16.9 Å². The highest BCUT2D eigenvalue weighted by Gasteiger charge is 2.07. The van der Waals surface area contributed by atoms with E-state index >= 15 is 0 Å². The Kier molecular flexibility index (Phi) is 2.64. The van der Waals surface area contributed by atoms with E-state index in [-0.39, 0.29) is 5.69 Å². The van der Waals surface area contributed by atoms with Gasteiger partial charge in [-0.15, -0.1) is 0 Å². The maximum Gasteiger partial charge on any atom is 0.370 e. The summed E-state index contributed by atoms with van der Waals surface area (Å²) in [6.45, 7) is 0. The average molecular weight is 258 g/mol. The van der Waals surface area contributed by atoms with Crippen molar-refractivity contribution >= 4 is 17.4 Å². The molecule has 1 N–H and O–H groups in total. The predicted octanol–water partition coefficient (Wildman–Crippen LogP) is 1.81. The fourth-order valence-electron chi connectivity index (χ4n) is 1.74. The molecule has 0 atom stereocenters. The molecular weight excluding hydrogens is 248 g/mol. The first-order valence-corrected chi connectivity index (χ1v) is 6.59. The molecule has 0 amide bonds. The lowest BCUT2D eigenvalue weighted by Gasteiger charge is -1.95. The summed E-state index contributed by atoms with van der Waals surface area (Å²) in [6, 6.07) is 11.6. The van der Waals surface area contributed by atoms with Crippen LogP contribution in [0.3, 0.4) is 0 Å². The van der Waals surface area contributed by atoms with E-state index in [2.05, 4.69) is 15.1 Å². The van der Waals surface area contributed by atoms with Crippen molar-refractivity contribution in [1.29, 1.82) is 0 Å². The molecule has 5 nitrogen and oxygen atoms in total. The van der Waals surface area contributed by atoms with Crippen molar-refractivity contribution in [2.75, 3.05) is 6.26 Å². The van der Waals surface area contributed by atoms with E-state index in [4.69, 9.17) is 0 Å². The van der Waals surface area contributed by atoms with Crippen molar-refractivity contribution in [3.05, 3.63) is 46.9 Å². The summed E-state index contributed by atoms with van der Waals surface area (Å²) in [5.41, 5.74) is 2.10. The Morgan fingerprint density at radius 2 is 2.00 bits per heavy atom. The van der Waals surface area contributed by atoms with Gasteiger partial charge in [-0.1, -0.05) is 42.1 Å². The van der Waals surface area contributed by atoms with Gasteiger partial charge in [-0.25, -0.2) is 9.78 Å². The second kappa shape index (κ2) is 4.30. The highest BCUT2D eigenvalue weighted by molar-refractivity contribution is 7.98. The molecular formula is C12H10N4OS. The maximum absolute atomic E-state index is 11.8. The number of nitrogens with zero attached hydrogens (tertiary/aromatic N) is 3. The quantitative estimate of drug-likeness (QED) is 0.712. The summed E-state index contributed by atoms with van der Waals surface area (Å²) in [6.07, 6.45) is 1.84. The van der Waals surface area contributed by atoms with Gasteiger partial charge in [0.2, 0.25) is 0 Å². The zero-order valence-corrected chi connectivity index (χ0v) is 10.4. The van der Waals surface area contributed by atoms with Gasteiger partial charge in [0.05, 0.1) is 5.69 Å². The summed E-state index contributed by atoms with van der Waals surface area (Å²) in [7, 11) is 0. The Bertz CT molecular complexity index is 748. The number of rotatable bonds is 2. The summed E-state index contributed by atoms with van der Waals surface area (Å²) >= 11 is 1.35. The second-order valence-corrected chi connectivity index (χ2v) is 4.50. The SMILES string of the molecule is CSc1nc(=O)n2[nH]c(-c3ccccc3)cc2n1. The molecule has 18 heavy (non-hydrogen) atoms. The van der Waals surface area contributed by atoms with Gasteiger partial charge in [0.15, 0.2) is 10.8 Å². The molecule has 6 heteroatoms. The van der Waals surface area contributed by atoms with Crippen LogP contribution in [-0.4, -0.2) is 25.8 Å². The Labute approximate surface area is 107 Å². The number of benzene rings is 1. The largest absolute Gasteiger partial charge is 0.370 e. The first-order chi connectivity index (χ1) is 8.78. The third-order valence-corrected chi connectivity index (χ3v) is 3.14. The van der Waals surface area contributed by atoms with E-state index in [0.29, 0.717) is 10.8 Å². The third kappa shape index (κ3) is 1.80. The molecule has 90 valence electrons. The van der Waals surface area contributed by atoms with Crippen molar-refractivity contribution in [2.24, 2.45) is 0 Å².